The van der Waals surface area contributed by atoms with Crippen molar-refractivity contribution < 1.29 is 27.5 Å². The zero-order valence-electron chi connectivity index (χ0n) is 10.8. The summed E-state index contributed by atoms with van der Waals surface area (Å²) in [4.78, 5) is 21.7. The average molecular weight is 290 g/mol. The predicted octanol–water partition coefficient (Wildman–Crippen LogP) is 1.39. The molecule has 0 saturated heterocycles. The van der Waals surface area contributed by atoms with E-state index in [-0.39, 0.29) is 0 Å². The van der Waals surface area contributed by atoms with Crippen molar-refractivity contribution in [1.82, 2.24) is 10.9 Å². The van der Waals surface area contributed by atoms with Crippen molar-refractivity contribution in [2.45, 2.75) is 20.0 Å². The maximum atomic E-state index is 11.9. The van der Waals surface area contributed by atoms with E-state index >= 15 is 0 Å². The Bertz CT molecular complexity index is 515. The molecule has 0 fully saturated rings. The smallest absolute Gasteiger partial charge is 0.472 e. The highest BCUT2D eigenvalue weighted by Gasteiger charge is 2.38. The van der Waals surface area contributed by atoms with E-state index in [1.165, 1.54) is 5.43 Å². The van der Waals surface area contributed by atoms with Gasteiger partial charge < -0.3 is 4.74 Å². The van der Waals surface area contributed by atoms with Crippen LogP contribution in [0.25, 0.3) is 0 Å². The molecule has 0 aliphatic heterocycles. The highest BCUT2D eigenvalue weighted by atomic mass is 19.4. The molecule has 1 aromatic rings. The van der Waals surface area contributed by atoms with Crippen LogP contribution in [0.1, 0.15) is 11.1 Å². The van der Waals surface area contributed by atoms with Gasteiger partial charge in [0.05, 0.1) is 0 Å². The fourth-order valence-electron chi connectivity index (χ4n) is 1.24. The lowest BCUT2D eigenvalue weighted by atomic mass is 10.1. The molecule has 8 heteroatoms. The number of halogens is 3. The number of amides is 2. The molecule has 1 aromatic carbocycles. The summed E-state index contributed by atoms with van der Waals surface area (Å²) in [5.41, 5.74) is 4.54. The quantitative estimate of drug-likeness (QED) is 0.827. The van der Waals surface area contributed by atoms with E-state index in [1.54, 1.807) is 24.5 Å². The molecule has 0 saturated carbocycles. The minimum atomic E-state index is -5.05. The van der Waals surface area contributed by atoms with Gasteiger partial charge in [-0.15, -0.1) is 0 Å². The van der Waals surface area contributed by atoms with Gasteiger partial charge in [0.1, 0.15) is 5.75 Å². The number of benzene rings is 1. The number of alkyl halides is 3. The second kappa shape index (κ2) is 6.27. The Morgan fingerprint density at radius 2 is 1.85 bits per heavy atom. The summed E-state index contributed by atoms with van der Waals surface area (Å²) in [7, 11) is 0. The molecule has 0 aromatic heterocycles. The van der Waals surface area contributed by atoms with Crippen LogP contribution in [0.2, 0.25) is 0 Å². The Labute approximate surface area is 113 Å². The molecule has 0 unspecified atom stereocenters. The van der Waals surface area contributed by atoms with Gasteiger partial charge in [-0.3, -0.25) is 20.4 Å². The van der Waals surface area contributed by atoms with Gasteiger partial charge in [-0.2, -0.15) is 13.2 Å². The second-order valence-corrected chi connectivity index (χ2v) is 4.06. The third kappa shape index (κ3) is 4.79. The molecule has 0 spiro atoms. The van der Waals surface area contributed by atoms with Gasteiger partial charge in [0, 0.05) is 0 Å². The maximum absolute atomic E-state index is 11.9. The van der Waals surface area contributed by atoms with Gasteiger partial charge in [-0.25, -0.2) is 0 Å². The summed E-state index contributed by atoms with van der Waals surface area (Å²) >= 11 is 0. The van der Waals surface area contributed by atoms with Crippen molar-refractivity contribution in [3.63, 3.8) is 0 Å². The fraction of sp³-hybridized carbons (Fsp3) is 0.333. The van der Waals surface area contributed by atoms with Crippen molar-refractivity contribution in [3.05, 3.63) is 29.3 Å². The molecule has 1 rings (SSSR count). The number of aryl methyl sites for hydroxylation is 2. The number of nitrogens with one attached hydrogen (secondary N) is 2. The maximum Gasteiger partial charge on any atom is 0.472 e. The van der Waals surface area contributed by atoms with Crippen LogP contribution in [-0.4, -0.2) is 24.6 Å². The van der Waals surface area contributed by atoms with Gasteiger partial charge >= 0.3 is 12.1 Å². The molecular formula is C12H13F3N2O3. The minimum absolute atomic E-state index is 0.447. The second-order valence-electron chi connectivity index (χ2n) is 4.06. The zero-order chi connectivity index (χ0) is 15.3. The number of hydrogen-bond acceptors (Lipinski definition) is 3. The first-order valence-electron chi connectivity index (χ1n) is 5.56. The Balaban J connectivity index is 2.44. The number of carbonyl (C=O) groups excluding carboxylic acids is 2. The monoisotopic (exact) mass is 290 g/mol. The Hall–Kier alpha value is -2.25. The summed E-state index contributed by atoms with van der Waals surface area (Å²) in [6.45, 7) is 3.08. The van der Waals surface area contributed by atoms with Crippen LogP contribution in [0.15, 0.2) is 18.2 Å². The molecule has 0 aliphatic rings. The third-order valence-corrected chi connectivity index (χ3v) is 2.28. The number of carbonyl (C=O) groups is 2. The van der Waals surface area contributed by atoms with Crippen LogP contribution in [0.3, 0.4) is 0 Å². The van der Waals surface area contributed by atoms with Crippen molar-refractivity contribution in [2.75, 3.05) is 6.61 Å². The Kier molecular flexibility index (Phi) is 4.95. The number of hydrazine groups is 1. The third-order valence-electron chi connectivity index (χ3n) is 2.28. The van der Waals surface area contributed by atoms with E-state index in [0.717, 1.165) is 11.1 Å². The molecule has 5 nitrogen and oxygen atoms in total. The Morgan fingerprint density at radius 1 is 1.20 bits per heavy atom. The lowest BCUT2D eigenvalue weighted by Crippen LogP contribution is -2.49. The first-order valence-corrected chi connectivity index (χ1v) is 5.56. The molecule has 0 radical (unpaired) electrons. The normalized spacial score (nSPS) is 10.8. The summed E-state index contributed by atoms with van der Waals surface area (Å²) in [5.74, 6) is -2.71. The lowest BCUT2D eigenvalue weighted by molar-refractivity contribution is -0.175. The topological polar surface area (TPSA) is 67.4 Å². The van der Waals surface area contributed by atoms with E-state index in [9.17, 15) is 22.8 Å². The van der Waals surface area contributed by atoms with Crippen molar-refractivity contribution in [3.8, 4) is 5.75 Å². The van der Waals surface area contributed by atoms with Crippen LogP contribution >= 0.6 is 0 Å². The molecule has 0 heterocycles. The van der Waals surface area contributed by atoms with Gasteiger partial charge in [0.25, 0.3) is 5.91 Å². The lowest BCUT2D eigenvalue weighted by Gasteiger charge is -2.11. The average Bonchev–Trinajstić information content (AvgIpc) is 2.35. The van der Waals surface area contributed by atoms with Crippen molar-refractivity contribution in [1.29, 1.82) is 0 Å². The van der Waals surface area contributed by atoms with Crippen molar-refractivity contribution in [2.24, 2.45) is 0 Å². The SMILES string of the molecule is Cc1ccc(C)c(OCC(=O)NNC(=O)C(F)(F)F)c1. The Morgan fingerprint density at radius 3 is 2.45 bits per heavy atom. The van der Waals surface area contributed by atoms with Crippen molar-refractivity contribution >= 4 is 11.8 Å². The van der Waals surface area contributed by atoms with Crippen LogP contribution < -0.4 is 15.6 Å². The highest BCUT2D eigenvalue weighted by molar-refractivity contribution is 5.85. The van der Waals surface area contributed by atoms with E-state index in [2.05, 4.69) is 0 Å². The van der Waals surface area contributed by atoms with E-state index < -0.39 is 24.6 Å². The van der Waals surface area contributed by atoms with E-state index in [0.29, 0.717) is 5.75 Å². The summed E-state index contributed by atoms with van der Waals surface area (Å²) < 4.78 is 40.7. The molecule has 20 heavy (non-hydrogen) atoms. The first-order chi connectivity index (χ1) is 9.20. The predicted molar refractivity (Wildman–Crippen MR) is 63.8 cm³/mol. The van der Waals surface area contributed by atoms with E-state index in [1.807, 2.05) is 13.0 Å². The molecule has 2 N–H and O–H groups in total. The molecule has 2 amide bonds. The molecule has 110 valence electrons. The molecular weight excluding hydrogens is 277 g/mol. The number of hydrogen-bond donors (Lipinski definition) is 2. The molecule has 0 bridgehead atoms. The molecule has 0 aliphatic carbocycles. The summed E-state index contributed by atoms with van der Waals surface area (Å²) in [6, 6.07) is 5.33. The largest absolute Gasteiger partial charge is 0.483 e. The summed E-state index contributed by atoms with van der Waals surface area (Å²) in [6.07, 6.45) is -5.05. The van der Waals surface area contributed by atoms with Gasteiger partial charge in [0.15, 0.2) is 6.61 Å². The minimum Gasteiger partial charge on any atom is -0.483 e. The fourth-order valence-corrected chi connectivity index (χ4v) is 1.24. The standard InChI is InChI=1S/C12H13F3N2O3/c1-7-3-4-8(2)9(5-7)20-6-10(18)16-17-11(19)12(13,14)15/h3-5H,6H2,1-2H3,(H,16,18)(H,17,19). The van der Waals surface area contributed by atoms with Crippen LogP contribution in [-0.2, 0) is 9.59 Å². The van der Waals surface area contributed by atoms with Gasteiger partial charge in [0.2, 0.25) is 0 Å². The number of rotatable bonds is 3. The molecule has 0 atom stereocenters. The highest BCUT2D eigenvalue weighted by Crippen LogP contribution is 2.18. The first kappa shape index (κ1) is 15.8. The van der Waals surface area contributed by atoms with Gasteiger partial charge in [-0.05, 0) is 31.0 Å². The zero-order valence-corrected chi connectivity index (χ0v) is 10.8. The van der Waals surface area contributed by atoms with E-state index in [4.69, 9.17) is 4.74 Å². The van der Waals surface area contributed by atoms with Crippen LogP contribution in [0.4, 0.5) is 13.2 Å². The van der Waals surface area contributed by atoms with Crippen LogP contribution in [0.5, 0.6) is 5.75 Å². The van der Waals surface area contributed by atoms with Crippen LogP contribution in [0, 0.1) is 13.8 Å². The summed E-state index contributed by atoms with van der Waals surface area (Å²) in [5, 5.41) is 0. The number of ether oxygens (including phenoxy) is 1. The van der Waals surface area contributed by atoms with Gasteiger partial charge in [-0.1, -0.05) is 12.1 Å².